The smallest absolute Gasteiger partial charge is 0.357 e. The molecule has 0 unspecified atom stereocenters. The number of aliphatic hydroxyl groups excluding tert-OH is 1. The molecule has 1 rings (SSSR count). The first-order valence-electron chi connectivity index (χ1n) is 7.20. The quantitative estimate of drug-likeness (QED) is 0.107. The van der Waals surface area contributed by atoms with Crippen LogP contribution in [0, 0.1) is 5.41 Å². The van der Waals surface area contributed by atoms with Gasteiger partial charge in [-0.2, -0.15) is 0 Å². The highest BCUT2D eigenvalue weighted by Gasteiger charge is 2.25. The Morgan fingerprint density at radius 1 is 1.25 bits per heavy atom. The summed E-state index contributed by atoms with van der Waals surface area (Å²) in [6, 6.07) is 7.45. The van der Waals surface area contributed by atoms with Crippen molar-refractivity contribution in [1.82, 2.24) is 0 Å². The normalized spacial score (nSPS) is 11.3. The van der Waals surface area contributed by atoms with E-state index >= 15 is 0 Å². The first kappa shape index (κ1) is 19.2. The van der Waals surface area contributed by atoms with Gasteiger partial charge in [0.2, 0.25) is 0 Å². The molecule has 0 aliphatic carbocycles. The van der Waals surface area contributed by atoms with E-state index in [4.69, 9.17) is 16.0 Å². The number of aliphatic hydroxyl groups is 1. The minimum atomic E-state index is -0.994. The van der Waals surface area contributed by atoms with E-state index in [-0.39, 0.29) is 6.61 Å². The van der Waals surface area contributed by atoms with Crippen LogP contribution in [0.1, 0.15) is 18.9 Å². The third kappa shape index (κ3) is 5.40. The lowest BCUT2D eigenvalue weighted by Gasteiger charge is -2.09. The van der Waals surface area contributed by atoms with Crippen molar-refractivity contribution in [3.05, 3.63) is 41.2 Å². The minimum absolute atomic E-state index is 0.0804. The number of nitrogen functional groups attached to an aromatic ring is 1. The van der Waals surface area contributed by atoms with Crippen molar-refractivity contribution in [3.8, 4) is 0 Å². The SMILES string of the molecule is COC(=O)C(C(=N)C(=O)OCCCc1ccc(NN)cc1)=C(C)O. The fourth-order valence-electron chi connectivity index (χ4n) is 1.92. The van der Waals surface area contributed by atoms with Crippen molar-refractivity contribution >= 4 is 23.3 Å². The summed E-state index contributed by atoms with van der Waals surface area (Å²) in [4.78, 5) is 23.2. The van der Waals surface area contributed by atoms with Gasteiger partial charge in [0.05, 0.1) is 13.7 Å². The molecular weight excluding hydrogens is 314 g/mol. The number of benzene rings is 1. The number of hydrogen-bond donors (Lipinski definition) is 4. The van der Waals surface area contributed by atoms with Crippen molar-refractivity contribution in [2.24, 2.45) is 5.84 Å². The van der Waals surface area contributed by atoms with Gasteiger partial charge >= 0.3 is 11.9 Å². The second-order valence-electron chi connectivity index (χ2n) is 4.91. The molecule has 0 aliphatic heterocycles. The number of aryl methyl sites for hydroxylation is 1. The maximum absolute atomic E-state index is 11.8. The van der Waals surface area contributed by atoms with E-state index in [1.54, 1.807) is 0 Å². The second-order valence-corrected chi connectivity index (χ2v) is 4.91. The predicted octanol–water partition coefficient (Wildman–Crippen LogP) is 1.47. The summed E-state index contributed by atoms with van der Waals surface area (Å²) in [6.07, 6.45) is 1.22. The third-order valence-corrected chi connectivity index (χ3v) is 3.17. The van der Waals surface area contributed by atoms with Gasteiger partial charge in [-0.25, -0.2) is 9.59 Å². The molecule has 0 heterocycles. The number of rotatable bonds is 8. The second kappa shape index (κ2) is 9.31. The molecule has 0 bridgehead atoms. The molecular formula is C16H21N3O5. The molecule has 24 heavy (non-hydrogen) atoms. The van der Waals surface area contributed by atoms with E-state index in [9.17, 15) is 14.7 Å². The molecule has 0 atom stereocenters. The number of hydrazine groups is 1. The molecule has 0 amide bonds. The van der Waals surface area contributed by atoms with Crippen molar-refractivity contribution < 1.29 is 24.2 Å². The summed E-state index contributed by atoms with van der Waals surface area (Å²) in [5.74, 6) is 2.84. The standard InChI is InChI=1S/C16H21N3O5/c1-10(20)13(15(21)23-2)14(17)16(22)24-9-3-4-11-5-7-12(19-18)8-6-11/h5-8,17,19-20H,3-4,9,18H2,1-2H3. The number of allylic oxidation sites excluding steroid dienone is 1. The average molecular weight is 335 g/mol. The number of hydrogen-bond acceptors (Lipinski definition) is 8. The Kier molecular flexibility index (Phi) is 7.44. The van der Waals surface area contributed by atoms with Crippen LogP contribution in [0.5, 0.6) is 0 Å². The van der Waals surface area contributed by atoms with Crippen molar-refractivity contribution in [2.45, 2.75) is 19.8 Å². The summed E-state index contributed by atoms with van der Waals surface area (Å²) in [6.45, 7) is 1.27. The van der Waals surface area contributed by atoms with Gasteiger partial charge in [0, 0.05) is 5.69 Å². The zero-order chi connectivity index (χ0) is 18.1. The van der Waals surface area contributed by atoms with Crippen molar-refractivity contribution in [3.63, 3.8) is 0 Å². The van der Waals surface area contributed by atoms with Crippen LogP contribution in [0.2, 0.25) is 0 Å². The number of nitrogens with two attached hydrogens (primary N) is 1. The van der Waals surface area contributed by atoms with Crippen LogP contribution in [0.25, 0.3) is 0 Å². The van der Waals surface area contributed by atoms with Crippen LogP contribution < -0.4 is 11.3 Å². The Morgan fingerprint density at radius 2 is 1.88 bits per heavy atom. The van der Waals surface area contributed by atoms with E-state index in [1.165, 1.54) is 6.92 Å². The van der Waals surface area contributed by atoms with E-state index < -0.39 is 29.0 Å². The molecule has 8 heteroatoms. The van der Waals surface area contributed by atoms with Crippen LogP contribution >= 0.6 is 0 Å². The van der Waals surface area contributed by atoms with Crippen LogP contribution in [0.4, 0.5) is 5.69 Å². The molecule has 0 spiro atoms. The lowest BCUT2D eigenvalue weighted by Crippen LogP contribution is -2.25. The van der Waals surface area contributed by atoms with Gasteiger partial charge < -0.3 is 20.0 Å². The minimum Gasteiger partial charge on any atom is -0.512 e. The lowest BCUT2D eigenvalue weighted by atomic mass is 10.1. The Labute approximate surface area is 139 Å². The van der Waals surface area contributed by atoms with Gasteiger partial charge in [-0.05, 0) is 37.5 Å². The van der Waals surface area contributed by atoms with Gasteiger partial charge in [-0.15, -0.1) is 0 Å². The highest BCUT2D eigenvalue weighted by Crippen LogP contribution is 2.10. The molecule has 0 fully saturated rings. The number of anilines is 1. The summed E-state index contributed by atoms with van der Waals surface area (Å²) >= 11 is 0. The average Bonchev–Trinajstić information content (AvgIpc) is 2.58. The molecule has 0 aromatic heterocycles. The Hall–Kier alpha value is -2.87. The van der Waals surface area contributed by atoms with Gasteiger partial charge in [0.15, 0.2) is 5.71 Å². The molecule has 130 valence electrons. The van der Waals surface area contributed by atoms with Gasteiger partial charge in [-0.1, -0.05) is 12.1 Å². The van der Waals surface area contributed by atoms with Gasteiger partial charge in [-0.3, -0.25) is 11.3 Å². The number of esters is 2. The highest BCUT2D eigenvalue weighted by molar-refractivity contribution is 6.48. The summed E-state index contributed by atoms with van der Waals surface area (Å²) in [5.41, 5.74) is 3.12. The molecule has 1 aromatic carbocycles. The van der Waals surface area contributed by atoms with Crippen LogP contribution in [0.3, 0.4) is 0 Å². The molecule has 1 aromatic rings. The number of ether oxygens (including phenoxy) is 2. The third-order valence-electron chi connectivity index (χ3n) is 3.17. The summed E-state index contributed by atoms with van der Waals surface area (Å²) in [7, 11) is 1.09. The highest BCUT2D eigenvalue weighted by atomic mass is 16.5. The van der Waals surface area contributed by atoms with E-state index in [2.05, 4.69) is 10.2 Å². The Bertz CT molecular complexity index is 634. The molecule has 0 saturated carbocycles. The maximum Gasteiger partial charge on any atom is 0.357 e. The fourth-order valence-corrected chi connectivity index (χ4v) is 1.92. The number of carbonyl (C=O) groups excluding carboxylic acids is 2. The van der Waals surface area contributed by atoms with E-state index in [1.807, 2.05) is 24.3 Å². The Balaban J connectivity index is 2.49. The zero-order valence-corrected chi connectivity index (χ0v) is 13.6. The van der Waals surface area contributed by atoms with Crippen LogP contribution in [-0.2, 0) is 25.5 Å². The molecule has 5 N–H and O–H groups in total. The summed E-state index contributed by atoms with van der Waals surface area (Å²) < 4.78 is 9.38. The molecule has 8 nitrogen and oxygen atoms in total. The van der Waals surface area contributed by atoms with Crippen LogP contribution in [0.15, 0.2) is 35.6 Å². The zero-order valence-electron chi connectivity index (χ0n) is 13.6. The monoisotopic (exact) mass is 335 g/mol. The molecule has 0 radical (unpaired) electrons. The van der Waals surface area contributed by atoms with Crippen LogP contribution in [-0.4, -0.2) is 36.5 Å². The number of nitrogens with one attached hydrogen (secondary N) is 2. The lowest BCUT2D eigenvalue weighted by molar-refractivity contribution is -0.138. The van der Waals surface area contributed by atoms with Gasteiger partial charge in [0.25, 0.3) is 0 Å². The maximum atomic E-state index is 11.8. The number of methoxy groups -OCH3 is 1. The first-order valence-corrected chi connectivity index (χ1v) is 7.20. The van der Waals surface area contributed by atoms with E-state index in [0.717, 1.165) is 18.4 Å². The topological polar surface area (TPSA) is 135 Å². The summed E-state index contributed by atoms with van der Waals surface area (Å²) in [5, 5.41) is 17.1. The van der Waals surface area contributed by atoms with Gasteiger partial charge in [0.1, 0.15) is 11.3 Å². The van der Waals surface area contributed by atoms with Crippen molar-refractivity contribution in [1.29, 1.82) is 5.41 Å². The fraction of sp³-hybridized carbons (Fsp3) is 0.312. The van der Waals surface area contributed by atoms with Crippen molar-refractivity contribution in [2.75, 3.05) is 19.1 Å². The predicted molar refractivity (Wildman–Crippen MR) is 88.6 cm³/mol. The molecule has 0 saturated heterocycles. The first-order chi connectivity index (χ1) is 11.4. The molecule has 0 aliphatic rings. The largest absolute Gasteiger partial charge is 0.512 e. The van der Waals surface area contributed by atoms with E-state index in [0.29, 0.717) is 12.8 Å². The Morgan fingerprint density at radius 3 is 2.38 bits per heavy atom. The number of carbonyl (C=O) groups is 2.